The molecule has 4 aliphatic rings. The maximum atomic E-state index is 4.24. The van der Waals surface area contributed by atoms with Crippen molar-refractivity contribution in [3.8, 4) is 0 Å². The lowest BCUT2D eigenvalue weighted by molar-refractivity contribution is -0.0133. The maximum Gasteiger partial charge on any atom is 0.0492 e. The Morgan fingerprint density at radius 1 is 1.16 bits per heavy atom. The van der Waals surface area contributed by atoms with Crippen LogP contribution in [0.25, 0.3) is 0 Å². The molecule has 4 saturated carbocycles. The molecule has 5 rings (SSSR count). The molecule has 1 heterocycles. The monoisotopic (exact) mass is 259 g/mol. The Morgan fingerprint density at radius 2 is 1.84 bits per heavy atom. The Morgan fingerprint density at radius 3 is 2.42 bits per heavy atom. The molecule has 0 spiro atoms. The molecule has 1 N–H and O–H groups in total. The van der Waals surface area contributed by atoms with E-state index < -0.39 is 0 Å². The molecule has 4 aliphatic carbocycles. The largest absolute Gasteiger partial charge is 0.313 e. The second-order valence-corrected chi connectivity index (χ2v) is 7.11. The minimum Gasteiger partial charge on any atom is -0.313 e. The molecule has 19 heavy (non-hydrogen) atoms. The van der Waals surface area contributed by atoms with Crippen molar-refractivity contribution in [2.45, 2.75) is 44.6 Å². The van der Waals surface area contributed by atoms with Crippen LogP contribution in [-0.4, -0.2) is 22.4 Å². The van der Waals surface area contributed by atoms with Gasteiger partial charge in [0, 0.05) is 37.9 Å². The highest BCUT2D eigenvalue weighted by molar-refractivity contribution is 5.03. The Bertz CT molecular complexity index is 423. The zero-order chi connectivity index (χ0) is 12.8. The number of hydrogen-bond acceptors (Lipinski definition) is 2. The predicted octanol–water partition coefficient (Wildman–Crippen LogP) is 2.38. The molecule has 4 bridgehead atoms. The molecule has 1 aromatic rings. The first kappa shape index (κ1) is 12.0. The van der Waals surface area contributed by atoms with Gasteiger partial charge < -0.3 is 5.32 Å². The van der Waals surface area contributed by atoms with Gasteiger partial charge in [-0.1, -0.05) is 0 Å². The molecule has 3 heteroatoms. The van der Waals surface area contributed by atoms with Crippen molar-refractivity contribution in [1.29, 1.82) is 0 Å². The van der Waals surface area contributed by atoms with Crippen molar-refractivity contribution in [2.24, 2.45) is 30.7 Å². The highest BCUT2D eigenvalue weighted by atomic mass is 15.3. The third-order valence-electron chi connectivity index (χ3n) is 5.91. The zero-order valence-electron chi connectivity index (χ0n) is 11.9. The van der Waals surface area contributed by atoms with Crippen molar-refractivity contribution in [2.75, 3.05) is 6.54 Å². The lowest BCUT2D eigenvalue weighted by Gasteiger charge is -2.54. The summed E-state index contributed by atoms with van der Waals surface area (Å²) < 4.78 is 2.00. The number of hydrogen-bond donors (Lipinski definition) is 1. The van der Waals surface area contributed by atoms with E-state index in [0.29, 0.717) is 0 Å². The molecular formula is C16H25N3. The number of aromatic nitrogens is 2. The van der Waals surface area contributed by atoms with E-state index in [1.54, 1.807) is 6.42 Å². The van der Waals surface area contributed by atoms with E-state index in [-0.39, 0.29) is 0 Å². The van der Waals surface area contributed by atoms with Crippen LogP contribution >= 0.6 is 0 Å². The lowest BCUT2D eigenvalue weighted by atomic mass is 9.54. The van der Waals surface area contributed by atoms with Crippen LogP contribution in [0.1, 0.15) is 37.8 Å². The standard InChI is InChI=1S/C16H25N3/c1-19-15(3-5-18-19)2-4-17-16-13-7-11-6-12(9-13)10-14(16)8-11/h3,5,11-14,16-17H,2,4,6-10H2,1H3. The lowest BCUT2D eigenvalue weighted by Crippen LogP contribution is -2.54. The van der Waals surface area contributed by atoms with Crippen LogP contribution in [-0.2, 0) is 13.5 Å². The third-order valence-corrected chi connectivity index (χ3v) is 5.91. The van der Waals surface area contributed by atoms with Gasteiger partial charge in [-0.2, -0.15) is 5.10 Å². The number of aryl methyl sites for hydroxylation is 1. The van der Waals surface area contributed by atoms with Gasteiger partial charge in [0.05, 0.1) is 0 Å². The van der Waals surface area contributed by atoms with Gasteiger partial charge in [-0.25, -0.2) is 0 Å². The fourth-order valence-corrected chi connectivity index (χ4v) is 5.27. The first-order valence-electron chi connectivity index (χ1n) is 8.00. The van der Waals surface area contributed by atoms with Crippen molar-refractivity contribution < 1.29 is 0 Å². The molecule has 104 valence electrons. The van der Waals surface area contributed by atoms with E-state index in [9.17, 15) is 0 Å². The van der Waals surface area contributed by atoms with Gasteiger partial charge in [0.1, 0.15) is 0 Å². The third kappa shape index (κ3) is 2.12. The minimum atomic E-state index is 0.820. The van der Waals surface area contributed by atoms with Crippen LogP contribution in [0.15, 0.2) is 12.3 Å². The summed E-state index contributed by atoms with van der Waals surface area (Å²) in [5.74, 6) is 4.14. The quantitative estimate of drug-likeness (QED) is 0.899. The summed E-state index contributed by atoms with van der Waals surface area (Å²) in [5.41, 5.74) is 1.34. The van der Waals surface area contributed by atoms with Crippen molar-refractivity contribution in [3.05, 3.63) is 18.0 Å². The Balaban J connectivity index is 1.35. The van der Waals surface area contributed by atoms with Crippen LogP contribution in [0.5, 0.6) is 0 Å². The van der Waals surface area contributed by atoms with Gasteiger partial charge in [-0.05, 0) is 61.8 Å². The normalized spacial score (nSPS) is 39.9. The van der Waals surface area contributed by atoms with E-state index >= 15 is 0 Å². The van der Waals surface area contributed by atoms with Gasteiger partial charge >= 0.3 is 0 Å². The molecule has 0 radical (unpaired) electrons. The Hall–Kier alpha value is -0.830. The SMILES string of the molecule is Cn1nccc1CCNC1C2CC3CC(C2)CC1C3. The van der Waals surface area contributed by atoms with Gasteiger partial charge in [0.25, 0.3) is 0 Å². The summed E-state index contributed by atoms with van der Waals surface area (Å²) >= 11 is 0. The second kappa shape index (κ2) is 4.62. The van der Waals surface area contributed by atoms with Gasteiger partial charge in [-0.3, -0.25) is 4.68 Å². The van der Waals surface area contributed by atoms with Crippen molar-refractivity contribution in [1.82, 2.24) is 15.1 Å². The van der Waals surface area contributed by atoms with E-state index in [1.807, 2.05) is 17.9 Å². The van der Waals surface area contributed by atoms with Crippen LogP contribution in [0.3, 0.4) is 0 Å². The highest BCUT2D eigenvalue weighted by Crippen LogP contribution is 2.53. The molecular weight excluding hydrogens is 234 g/mol. The maximum absolute atomic E-state index is 4.24. The zero-order valence-corrected chi connectivity index (χ0v) is 11.9. The summed E-state index contributed by atoms with van der Waals surface area (Å²) in [6.07, 6.45) is 10.6. The van der Waals surface area contributed by atoms with Crippen LogP contribution in [0.2, 0.25) is 0 Å². The molecule has 0 unspecified atom stereocenters. The summed E-state index contributed by atoms with van der Waals surface area (Å²) in [6, 6.07) is 2.96. The molecule has 3 nitrogen and oxygen atoms in total. The van der Waals surface area contributed by atoms with E-state index in [1.165, 1.54) is 31.4 Å². The van der Waals surface area contributed by atoms with E-state index in [2.05, 4.69) is 16.5 Å². The Kier molecular flexibility index (Phi) is 2.91. The minimum absolute atomic E-state index is 0.820. The van der Waals surface area contributed by atoms with Crippen LogP contribution in [0, 0.1) is 23.7 Å². The van der Waals surface area contributed by atoms with Gasteiger partial charge in [0.2, 0.25) is 0 Å². The fourth-order valence-electron chi connectivity index (χ4n) is 5.27. The van der Waals surface area contributed by atoms with Gasteiger partial charge in [-0.15, -0.1) is 0 Å². The molecule has 0 saturated heterocycles. The topological polar surface area (TPSA) is 29.9 Å². The molecule has 0 amide bonds. The van der Waals surface area contributed by atoms with Crippen molar-refractivity contribution in [3.63, 3.8) is 0 Å². The van der Waals surface area contributed by atoms with Crippen LogP contribution < -0.4 is 5.32 Å². The second-order valence-electron chi connectivity index (χ2n) is 7.11. The van der Waals surface area contributed by atoms with E-state index in [0.717, 1.165) is 42.7 Å². The molecule has 1 aromatic heterocycles. The summed E-state index contributed by atoms with van der Waals surface area (Å²) in [4.78, 5) is 0. The number of nitrogens with zero attached hydrogens (tertiary/aromatic N) is 2. The van der Waals surface area contributed by atoms with Crippen molar-refractivity contribution >= 4 is 0 Å². The van der Waals surface area contributed by atoms with Gasteiger partial charge in [0.15, 0.2) is 0 Å². The van der Waals surface area contributed by atoms with Crippen LogP contribution in [0.4, 0.5) is 0 Å². The first-order valence-corrected chi connectivity index (χ1v) is 8.00. The molecule has 0 aromatic carbocycles. The number of rotatable bonds is 4. The summed E-state index contributed by atoms with van der Waals surface area (Å²) in [5, 5.41) is 8.13. The fraction of sp³-hybridized carbons (Fsp3) is 0.812. The highest BCUT2D eigenvalue weighted by Gasteiger charge is 2.47. The predicted molar refractivity (Wildman–Crippen MR) is 75.7 cm³/mol. The average molecular weight is 259 g/mol. The smallest absolute Gasteiger partial charge is 0.0492 e. The van der Waals surface area contributed by atoms with E-state index in [4.69, 9.17) is 0 Å². The Labute approximate surface area is 115 Å². The number of nitrogens with one attached hydrogen (secondary N) is 1. The summed E-state index contributed by atoms with van der Waals surface area (Å²) in [7, 11) is 2.04. The molecule has 0 aliphatic heterocycles. The summed E-state index contributed by atoms with van der Waals surface area (Å²) in [6.45, 7) is 1.12. The molecule has 4 fully saturated rings. The average Bonchev–Trinajstić information content (AvgIpc) is 2.78. The first-order chi connectivity index (χ1) is 9.29. The molecule has 0 atom stereocenters.